The van der Waals surface area contributed by atoms with Gasteiger partial charge in [0.25, 0.3) is 0 Å². The minimum Gasteiger partial charge on any atom is -0.324 e. The summed E-state index contributed by atoms with van der Waals surface area (Å²) in [6.07, 6.45) is 0. The molecule has 5 heteroatoms. The summed E-state index contributed by atoms with van der Waals surface area (Å²) in [5, 5.41) is 4.26. The van der Waals surface area contributed by atoms with Crippen molar-refractivity contribution in [1.29, 1.82) is 0 Å². The molecule has 0 fully saturated rings. The molecule has 0 aromatic heterocycles. The van der Waals surface area contributed by atoms with Crippen molar-refractivity contribution >= 4 is 46.6 Å². The maximum Gasteiger partial charge on any atom is 0.234 e. The van der Waals surface area contributed by atoms with Crippen LogP contribution in [0.5, 0.6) is 0 Å². The fourth-order valence-electron chi connectivity index (χ4n) is 2.00. The van der Waals surface area contributed by atoms with Crippen LogP contribution in [-0.2, 0) is 4.79 Å². The van der Waals surface area contributed by atoms with Gasteiger partial charge in [-0.1, -0.05) is 47.5 Å². The van der Waals surface area contributed by atoms with Crippen LogP contribution in [0.1, 0.15) is 23.3 Å². The number of carbonyl (C=O) groups excluding carboxylic acids is 1. The van der Waals surface area contributed by atoms with Gasteiger partial charge in [-0.25, -0.2) is 0 Å². The number of benzene rings is 2. The Hall–Kier alpha value is -1.16. The Balaban J connectivity index is 1.91. The Kier molecular flexibility index (Phi) is 6.18. The molecule has 1 atom stereocenters. The number of hydrogen-bond donors (Lipinski definition) is 1. The van der Waals surface area contributed by atoms with Crippen molar-refractivity contribution in [1.82, 2.24) is 0 Å². The van der Waals surface area contributed by atoms with E-state index in [2.05, 4.69) is 5.32 Å². The Morgan fingerprint density at radius 1 is 1.18 bits per heavy atom. The first-order valence-corrected chi connectivity index (χ1v) is 8.70. The predicted octanol–water partition coefficient (Wildman–Crippen LogP) is 5.73. The molecule has 2 nitrogen and oxygen atoms in total. The molecule has 1 N–H and O–H groups in total. The Morgan fingerprint density at radius 3 is 2.59 bits per heavy atom. The van der Waals surface area contributed by atoms with Crippen LogP contribution in [0, 0.1) is 6.92 Å². The number of hydrogen-bond acceptors (Lipinski definition) is 2. The summed E-state index contributed by atoms with van der Waals surface area (Å²) in [5.74, 6) is 0.269. The standard InChI is InChI=1S/C17H17Cl2NOS/c1-11-7-8-16(15(19)9-11)20-17(21)10-22-12(2)13-5-3-4-6-14(13)18/h3-9,12H,10H2,1-2H3,(H,20,21)/t12-/m0/s1. The highest BCUT2D eigenvalue weighted by Gasteiger charge is 2.12. The molecule has 0 aliphatic rings. The Labute approximate surface area is 145 Å². The van der Waals surface area contributed by atoms with E-state index in [4.69, 9.17) is 23.2 Å². The van der Waals surface area contributed by atoms with Crippen molar-refractivity contribution in [2.24, 2.45) is 0 Å². The van der Waals surface area contributed by atoms with Crippen molar-refractivity contribution in [2.75, 3.05) is 11.1 Å². The zero-order valence-electron chi connectivity index (χ0n) is 12.4. The smallest absolute Gasteiger partial charge is 0.234 e. The molecular weight excluding hydrogens is 337 g/mol. The summed E-state index contributed by atoms with van der Waals surface area (Å²) in [5.41, 5.74) is 2.74. The Bertz CT molecular complexity index is 675. The average molecular weight is 354 g/mol. The lowest BCUT2D eigenvalue weighted by Gasteiger charge is -2.13. The highest BCUT2D eigenvalue weighted by Crippen LogP contribution is 2.33. The topological polar surface area (TPSA) is 29.1 Å². The van der Waals surface area contributed by atoms with Crippen LogP contribution in [0.25, 0.3) is 0 Å². The van der Waals surface area contributed by atoms with E-state index in [9.17, 15) is 4.79 Å². The molecule has 2 aromatic carbocycles. The monoisotopic (exact) mass is 353 g/mol. The molecule has 0 saturated heterocycles. The molecule has 0 aliphatic carbocycles. The van der Waals surface area contributed by atoms with E-state index in [0.29, 0.717) is 16.5 Å². The number of carbonyl (C=O) groups is 1. The number of halogens is 2. The molecular formula is C17H17Cl2NOS. The Morgan fingerprint density at radius 2 is 1.91 bits per heavy atom. The fourth-order valence-corrected chi connectivity index (χ4v) is 3.51. The summed E-state index contributed by atoms with van der Waals surface area (Å²) in [4.78, 5) is 12.0. The van der Waals surface area contributed by atoms with E-state index < -0.39 is 0 Å². The predicted molar refractivity (Wildman–Crippen MR) is 97.1 cm³/mol. The van der Waals surface area contributed by atoms with Gasteiger partial charge in [-0.05, 0) is 43.2 Å². The van der Waals surface area contributed by atoms with Crippen LogP contribution in [0.4, 0.5) is 5.69 Å². The SMILES string of the molecule is Cc1ccc(NC(=O)CS[C@@H](C)c2ccccc2Cl)c(Cl)c1. The van der Waals surface area contributed by atoms with Gasteiger partial charge in [0.15, 0.2) is 0 Å². The maximum atomic E-state index is 12.0. The van der Waals surface area contributed by atoms with Crippen LogP contribution in [-0.4, -0.2) is 11.7 Å². The minimum atomic E-state index is -0.0744. The van der Waals surface area contributed by atoms with E-state index in [-0.39, 0.29) is 11.2 Å². The molecule has 0 bridgehead atoms. The van der Waals surface area contributed by atoms with Gasteiger partial charge >= 0.3 is 0 Å². The third-order valence-corrected chi connectivity index (χ3v) is 5.05. The highest BCUT2D eigenvalue weighted by atomic mass is 35.5. The van der Waals surface area contributed by atoms with Crippen LogP contribution in [0.15, 0.2) is 42.5 Å². The molecule has 2 rings (SSSR count). The molecule has 2 aromatic rings. The lowest BCUT2D eigenvalue weighted by Crippen LogP contribution is -2.15. The van der Waals surface area contributed by atoms with Crippen molar-refractivity contribution in [3.05, 3.63) is 63.6 Å². The van der Waals surface area contributed by atoms with Gasteiger partial charge in [-0.3, -0.25) is 4.79 Å². The third-order valence-electron chi connectivity index (χ3n) is 3.21. The first kappa shape index (κ1) is 17.2. The van der Waals surface area contributed by atoms with Crippen molar-refractivity contribution < 1.29 is 4.79 Å². The molecule has 0 radical (unpaired) electrons. The van der Waals surface area contributed by atoms with Crippen molar-refractivity contribution in [2.45, 2.75) is 19.1 Å². The summed E-state index contributed by atoms with van der Waals surface area (Å²) < 4.78 is 0. The number of nitrogens with one attached hydrogen (secondary N) is 1. The number of rotatable bonds is 5. The zero-order chi connectivity index (χ0) is 16.1. The average Bonchev–Trinajstić information content (AvgIpc) is 2.48. The van der Waals surface area contributed by atoms with E-state index in [0.717, 1.165) is 16.1 Å². The second kappa shape index (κ2) is 7.91. The molecule has 22 heavy (non-hydrogen) atoms. The van der Waals surface area contributed by atoms with Crippen molar-refractivity contribution in [3.63, 3.8) is 0 Å². The summed E-state index contributed by atoms with van der Waals surface area (Å²) >= 11 is 13.8. The number of thioether (sulfide) groups is 1. The number of aryl methyl sites for hydroxylation is 1. The second-order valence-corrected chi connectivity index (χ2v) is 7.15. The lowest BCUT2D eigenvalue weighted by molar-refractivity contribution is -0.113. The molecule has 0 unspecified atom stereocenters. The first-order chi connectivity index (χ1) is 10.5. The van der Waals surface area contributed by atoms with Gasteiger partial charge in [-0.15, -0.1) is 11.8 Å². The van der Waals surface area contributed by atoms with Crippen LogP contribution in [0.2, 0.25) is 10.0 Å². The molecule has 116 valence electrons. The van der Waals surface area contributed by atoms with Gasteiger partial charge < -0.3 is 5.32 Å². The van der Waals surface area contributed by atoms with Gasteiger partial charge in [0, 0.05) is 10.3 Å². The maximum absolute atomic E-state index is 12.0. The largest absolute Gasteiger partial charge is 0.324 e. The fraction of sp³-hybridized carbons (Fsp3) is 0.235. The normalized spacial score (nSPS) is 12.0. The highest BCUT2D eigenvalue weighted by molar-refractivity contribution is 8.00. The second-order valence-electron chi connectivity index (χ2n) is 5.01. The summed E-state index contributed by atoms with van der Waals surface area (Å²) in [6.45, 7) is 4.00. The van der Waals surface area contributed by atoms with Gasteiger partial charge in [0.2, 0.25) is 5.91 Å². The summed E-state index contributed by atoms with van der Waals surface area (Å²) in [7, 11) is 0. The number of amides is 1. The minimum absolute atomic E-state index is 0.0744. The summed E-state index contributed by atoms with van der Waals surface area (Å²) in [6, 6.07) is 13.3. The van der Waals surface area contributed by atoms with E-state index in [1.807, 2.05) is 56.3 Å². The van der Waals surface area contributed by atoms with Crippen molar-refractivity contribution in [3.8, 4) is 0 Å². The van der Waals surface area contributed by atoms with Gasteiger partial charge in [0.1, 0.15) is 0 Å². The molecule has 0 heterocycles. The molecule has 1 amide bonds. The van der Waals surface area contributed by atoms with Crippen LogP contribution in [0.3, 0.4) is 0 Å². The lowest BCUT2D eigenvalue weighted by atomic mass is 10.2. The quantitative estimate of drug-likeness (QED) is 0.742. The third kappa shape index (κ3) is 4.67. The van der Waals surface area contributed by atoms with Crippen LogP contribution >= 0.6 is 35.0 Å². The van der Waals surface area contributed by atoms with Crippen LogP contribution < -0.4 is 5.32 Å². The zero-order valence-corrected chi connectivity index (χ0v) is 14.7. The molecule has 0 spiro atoms. The van der Waals surface area contributed by atoms with Gasteiger partial charge in [-0.2, -0.15) is 0 Å². The van der Waals surface area contributed by atoms with E-state index in [1.54, 1.807) is 11.8 Å². The van der Waals surface area contributed by atoms with Gasteiger partial charge in [0.05, 0.1) is 16.5 Å². The van der Waals surface area contributed by atoms with E-state index >= 15 is 0 Å². The molecule has 0 aliphatic heterocycles. The molecule has 0 saturated carbocycles. The number of anilines is 1. The van der Waals surface area contributed by atoms with E-state index in [1.165, 1.54) is 0 Å². The first-order valence-electron chi connectivity index (χ1n) is 6.89.